The Bertz CT molecular complexity index is 597. The molecule has 5 heteroatoms. The van der Waals surface area contributed by atoms with E-state index >= 15 is 0 Å². The number of ether oxygens (including phenoxy) is 2. The third kappa shape index (κ3) is 1.06. The van der Waals surface area contributed by atoms with Crippen LogP contribution in [-0.4, -0.2) is 35.9 Å². The summed E-state index contributed by atoms with van der Waals surface area (Å²) in [6.45, 7) is 4.59. The summed E-state index contributed by atoms with van der Waals surface area (Å²) >= 11 is 0. The maximum Gasteiger partial charge on any atom is 0.341 e. The highest BCUT2D eigenvalue weighted by atomic mass is 16.6. The Morgan fingerprint density at radius 2 is 2.20 bits per heavy atom. The summed E-state index contributed by atoms with van der Waals surface area (Å²) in [6.07, 6.45) is 3.92. The maximum absolute atomic E-state index is 12.2. The first-order valence-corrected chi connectivity index (χ1v) is 6.89. The number of cyclic esters (lactones) is 1. The van der Waals surface area contributed by atoms with Crippen LogP contribution in [0.25, 0.3) is 0 Å². The minimum Gasteiger partial charge on any atom is -0.478 e. The lowest BCUT2D eigenvalue weighted by atomic mass is 9.61. The molecule has 2 fully saturated rings. The first-order chi connectivity index (χ1) is 9.44. The molecule has 0 bridgehead atoms. The lowest BCUT2D eigenvalue weighted by Crippen LogP contribution is -2.56. The van der Waals surface area contributed by atoms with E-state index in [0.717, 1.165) is 0 Å². The number of rotatable bonds is 1. The third-order valence-corrected chi connectivity index (χ3v) is 5.68. The Morgan fingerprint density at radius 3 is 2.80 bits per heavy atom. The van der Waals surface area contributed by atoms with E-state index in [-0.39, 0.29) is 30.3 Å². The summed E-state index contributed by atoms with van der Waals surface area (Å²) < 4.78 is 10.8. The van der Waals surface area contributed by atoms with Gasteiger partial charge in [-0.05, 0) is 18.8 Å². The molecule has 2 saturated heterocycles. The normalized spacial score (nSPS) is 48.3. The summed E-state index contributed by atoms with van der Waals surface area (Å²) in [5, 5.41) is 9.44. The fraction of sp³-hybridized carbons (Fsp3) is 0.600. The van der Waals surface area contributed by atoms with Crippen LogP contribution in [0.3, 0.4) is 0 Å². The summed E-state index contributed by atoms with van der Waals surface area (Å²) in [7, 11) is 0. The number of carboxylic acid groups (broad SMARTS) is 1. The van der Waals surface area contributed by atoms with Crippen LogP contribution in [0.2, 0.25) is 0 Å². The molecule has 4 aliphatic rings. The highest BCUT2D eigenvalue weighted by Crippen LogP contribution is 2.68. The molecular formula is C15H16O5. The maximum atomic E-state index is 12.2. The van der Waals surface area contributed by atoms with Gasteiger partial charge in [0.25, 0.3) is 0 Å². The van der Waals surface area contributed by atoms with Gasteiger partial charge in [0.15, 0.2) is 5.60 Å². The molecule has 106 valence electrons. The van der Waals surface area contributed by atoms with Crippen LogP contribution in [0.5, 0.6) is 0 Å². The van der Waals surface area contributed by atoms with Crippen molar-refractivity contribution in [2.45, 2.75) is 19.4 Å². The van der Waals surface area contributed by atoms with Gasteiger partial charge in [0.05, 0.1) is 13.2 Å². The average Bonchev–Trinajstić information content (AvgIpc) is 3.07. The minimum atomic E-state index is -0.958. The molecule has 20 heavy (non-hydrogen) atoms. The van der Waals surface area contributed by atoms with Crippen molar-refractivity contribution >= 4 is 11.9 Å². The predicted octanol–water partition coefficient (Wildman–Crippen LogP) is 1.15. The molecule has 0 aromatic carbocycles. The molecule has 0 aromatic rings. The van der Waals surface area contributed by atoms with E-state index in [1.165, 1.54) is 5.57 Å². The minimum absolute atomic E-state index is 0.00829. The van der Waals surface area contributed by atoms with Gasteiger partial charge in [0.1, 0.15) is 0 Å². The Labute approximate surface area is 116 Å². The van der Waals surface area contributed by atoms with Crippen molar-refractivity contribution in [1.82, 2.24) is 0 Å². The van der Waals surface area contributed by atoms with Crippen LogP contribution in [0.1, 0.15) is 13.8 Å². The molecule has 2 spiro atoms. The third-order valence-electron chi connectivity index (χ3n) is 5.68. The van der Waals surface area contributed by atoms with Gasteiger partial charge in [-0.2, -0.15) is 0 Å². The second-order valence-corrected chi connectivity index (χ2v) is 6.33. The van der Waals surface area contributed by atoms with Gasteiger partial charge in [-0.3, -0.25) is 0 Å². The number of carboxylic acids is 1. The number of aliphatic carboxylic acids is 1. The SMILES string of the molecule is CC1=C[C@]23[C@H](COC(=O)[C@]24CO4)C(C(=O)O)=C[C@H]3[C@H]1C. The van der Waals surface area contributed by atoms with Crippen LogP contribution in [0, 0.1) is 23.2 Å². The molecule has 0 radical (unpaired) electrons. The number of epoxide rings is 1. The smallest absolute Gasteiger partial charge is 0.341 e. The molecule has 2 heterocycles. The quantitative estimate of drug-likeness (QED) is 0.442. The number of carbonyl (C=O) groups excluding carboxylic acids is 1. The molecule has 2 aliphatic carbocycles. The van der Waals surface area contributed by atoms with Crippen LogP contribution in [0.15, 0.2) is 23.3 Å². The van der Waals surface area contributed by atoms with E-state index in [4.69, 9.17) is 9.47 Å². The van der Waals surface area contributed by atoms with E-state index in [1.54, 1.807) is 0 Å². The van der Waals surface area contributed by atoms with Crippen molar-refractivity contribution in [1.29, 1.82) is 0 Å². The van der Waals surface area contributed by atoms with Crippen LogP contribution < -0.4 is 0 Å². The second-order valence-electron chi connectivity index (χ2n) is 6.33. The van der Waals surface area contributed by atoms with Crippen molar-refractivity contribution in [2.24, 2.45) is 23.2 Å². The number of esters is 1. The van der Waals surface area contributed by atoms with Crippen molar-refractivity contribution in [3.05, 3.63) is 23.3 Å². The Balaban J connectivity index is 1.92. The largest absolute Gasteiger partial charge is 0.478 e. The van der Waals surface area contributed by atoms with Gasteiger partial charge in [0, 0.05) is 16.9 Å². The van der Waals surface area contributed by atoms with Gasteiger partial charge >= 0.3 is 11.9 Å². The van der Waals surface area contributed by atoms with E-state index < -0.39 is 17.0 Å². The van der Waals surface area contributed by atoms with Crippen molar-refractivity contribution in [3.63, 3.8) is 0 Å². The lowest BCUT2D eigenvalue weighted by molar-refractivity contribution is -0.170. The highest BCUT2D eigenvalue weighted by molar-refractivity contribution is 5.92. The van der Waals surface area contributed by atoms with Crippen molar-refractivity contribution in [3.8, 4) is 0 Å². The van der Waals surface area contributed by atoms with Gasteiger partial charge < -0.3 is 14.6 Å². The zero-order valence-electron chi connectivity index (χ0n) is 11.4. The molecule has 0 aromatic heterocycles. The first-order valence-electron chi connectivity index (χ1n) is 6.89. The van der Waals surface area contributed by atoms with Gasteiger partial charge in [-0.15, -0.1) is 0 Å². The molecule has 0 saturated carbocycles. The zero-order valence-corrected chi connectivity index (χ0v) is 11.4. The predicted molar refractivity (Wildman–Crippen MR) is 67.7 cm³/mol. The summed E-state index contributed by atoms with van der Waals surface area (Å²) in [6, 6.07) is 0. The lowest BCUT2D eigenvalue weighted by Gasteiger charge is -2.43. The summed E-state index contributed by atoms with van der Waals surface area (Å²) in [5.41, 5.74) is 0.0538. The van der Waals surface area contributed by atoms with Crippen LogP contribution in [0.4, 0.5) is 0 Å². The van der Waals surface area contributed by atoms with Crippen molar-refractivity contribution in [2.75, 3.05) is 13.2 Å². The second kappa shape index (κ2) is 3.34. The molecular weight excluding hydrogens is 260 g/mol. The molecule has 4 rings (SSSR count). The molecule has 2 aliphatic heterocycles. The first kappa shape index (κ1) is 12.1. The van der Waals surface area contributed by atoms with E-state index in [1.807, 2.05) is 13.0 Å². The van der Waals surface area contributed by atoms with Gasteiger partial charge in [-0.25, -0.2) is 9.59 Å². The zero-order chi connectivity index (χ0) is 14.3. The van der Waals surface area contributed by atoms with Crippen molar-refractivity contribution < 1.29 is 24.2 Å². The Morgan fingerprint density at radius 1 is 1.50 bits per heavy atom. The average molecular weight is 276 g/mol. The van der Waals surface area contributed by atoms with Crippen LogP contribution >= 0.6 is 0 Å². The van der Waals surface area contributed by atoms with E-state index in [9.17, 15) is 14.7 Å². The van der Waals surface area contributed by atoms with Crippen LogP contribution in [-0.2, 0) is 19.1 Å². The molecule has 0 unspecified atom stereocenters. The molecule has 1 N–H and O–H groups in total. The van der Waals surface area contributed by atoms with Gasteiger partial charge in [-0.1, -0.05) is 24.6 Å². The van der Waals surface area contributed by atoms with Gasteiger partial charge in [0.2, 0.25) is 0 Å². The topological polar surface area (TPSA) is 76.1 Å². The molecule has 0 amide bonds. The molecule has 5 nitrogen and oxygen atoms in total. The Hall–Kier alpha value is -1.62. The van der Waals surface area contributed by atoms with E-state index in [0.29, 0.717) is 12.2 Å². The Kier molecular flexibility index (Phi) is 2.03. The fourth-order valence-electron chi connectivity index (χ4n) is 4.49. The monoisotopic (exact) mass is 276 g/mol. The number of carbonyl (C=O) groups is 2. The number of hydrogen-bond donors (Lipinski definition) is 1. The summed E-state index contributed by atoms with van der Waals surface area (Å²) in [4.78, 5) is 23.7. The molecule has 5 atom stereocenters. The highest BCUT2D eigenvalue weighted by Gasteiger charge is 2.78. The summed E-state index contributed by atoms with van der Waals surface area (Å²) in [5.74, 6) is -1.33. The number of allylic oxidation sites excluding steroid dienone is 2. The fourth-order valence-corrected chi connectivity index (χ4v) is 4.49. The number of hydrogen-bond acceptors (Lipinski definition) is 4. The standard InChI is InChI=1S/C15H16O5/c1-7-4-14-10(8(7)2)3-9(12(16)17)11(14)5-19-13(18)15(14)6-20-15/h3-4,8,10-11H,5-6H2,1-2H3,(H,16,17)/t8-,10-,11+,14-,15+/m0/s1. The van der Waals surface area contributed by atoms with E-state index in [2.05, 4.69) is 13.0 Å².